The van der Waals surface area contributed by atoms with Gasteiger partial charge in [-0.05, 0) is 26.0 Å². The quantitative estimate of drug-likeness (QED) is 0.817. The Labute approximate surface area is 102 Å². The molecule has 5 heteroatoms. The number of sulfonamides is 1. The molecule has 0 unspecified atom stereocenters. The minimum atomic E-state index is -3.04. The first-order valence-electron chi connectivity index (χ1n) is 5.72. The van der Waals surface area contributed by atoms with Gasteiger partial charge >= 0.3 is 0 Å². The van der Waals surface area contributed by atoms with Crippen LogP contribution in [0, 0.1) is 6.92 Å². The molecule has 0 bridgehead atoms. The minimum absolute atomic E-state index is 0.0148. The largest absolute Gasteiger partial charge is 0.488 e. The molecule has 2 rings (SSSR count). The van der Waals surface area contributed by atoms with E-state index in [1.165, 1.54) is 9.87 Å². The highest BCUT2D eigenvalue weighted by molar-refractivity contribution is 7.89. The average molecular weight is 255 g/mol. The molecule has 0 aromatic heterocycles. The van der Waals surface area contributed by atoms with E-state index in [0.717, 1.165) is 5.75 Å². The Bertz CT molecular complexity index is 475. The second-order valence-electron chi connectivity index (χ2n) is 4.27. The number of rotatable bonds is 4. The van der Waals surface area contributed by atoms with Crippen molar-refractivity contribution < 1.29 is 13.2 Å². The van der Waals surface area contributed by atoms with Gasteiger partial charge in [-0.15, -0.1) is 0 Å². The third kappa shape index (κ3) is 2.79. The molecule has 0 saturated carbocycles. The van der Waals surface area contributed by atoms with Crippen molar-refractivity contribution in [3.05, 3.63) is 29.8 Å². The highest BCUT2D eigenvalue weighted by Gasteiger charge is 2.36. The molecule has 0 amide bonds. The molecule has 1 fully saturated rings. The topological polar surface area (TPSA) is 46.6 Å². The first-order chi connectivity index (χ1) is 8.01. The van der Waals surface area contributed by atoms with E-state index >= 15 is 0 Å². The Kier molecular flexibility index (Phi) is 3.40. The van der Waals surface area contributed by atoms with Crippen LogP contribution in [0.4, 0.5) is 0 Å². The standard InChI is InChI=1S/C12H17NO3S/c1-3-17(14,15)13-8-12(9-13)16-11-6-4-10(2)5-7-11/h4-7,12H,3,8-9H2,1-2H3. The van der Waals surface area contributed by atoms with Gasteiger partial charge in [-0.2, -0.15) is 4.31 Å². The van der Waals surface area contributed by atoms with Crippen LogP contribution >= 0.6 is 0 Å². The lowest BCUT2D eigenvalue weighted by molar-refractivity contribution is 0.0763. The Morgan fingerprint density at radius 2 is 1.88 bits per heavy atom. The number of aryl methyl sites for hydroxylation is 1. The minimum Gasteiger partial charge on any atom is -0.488 e. The average Bonchev–Trinajstić information content (AvgIpc) is 2.25. The van der Waals surface area contributed by atoms with Gasteiger partial charge in [0.05, 0.1) is 18.8 Å². The fourth-order valence-corrected chi connectivity index (χ4v) is 2.85. The molecule has 1 saturated heterocycles. The summed E-state index contributed by atoms with van der Waals surface area (Å²) in [7, 11) is -3.04. The Balaban J connectivity index is 1.87. The van der Waals surface area contributed by atoms with Crippen molar-refractivity contribution in [3.63, 3.8) is 0 Å². The summed E-state index contributed by atoms with van der Waals surface area (Å²) in [5, 5.41) is 0. The molecule has 1 aromatic carbocycles. The van der Waals surface area contributed by atoms with Crippen molar-refractivity contribution in [1.82, 2.24) is 4.31 Å². The van der Waals surface area contributed by atoms with Gasteiger partial charge in [-0.25, -0.2) is 8.42 Å². The van der Waals surface area contributed by atoms with Gasteiger partial charge < -0.3 is 4.74 Å². The number of ether oxygens (including phenoxy) is 1. The van der Waals surface area contributed by atoms with Crippen molar-refractivity contribution in [2.75, 3.05) is 18.8 Å². The molecule has 1 aliphatic rings. The van der Waals surface area contributed by atoms with E-state index in [1.807, 2.05) is 31.2 Å². The SMILES string of the molecule is CCS(=O)(=O)N1CC(Oc2ccc(C)cc2)C1. The molecule has 1 heterocycles. The van der Waals surface area contributed by atoms with Gasteiger partial charge in [-0.3, -0.25) is 0 Å². The fourth-order valence-electron chi connectivity index (χ4n) is 1.69. The van der Waals surface area contributed by atoms with Crippen LogP contribution in [0.2, 0.25) is 0 Å². The molecule has 0 radical (unpaired) electrons. The van der Waals surface area contributed by atoms with Crippen molar-refractivity contribution in [3.8, 4) is 5.75 Å². The van der Waals surface area contributed by atoms with E-state index in [2.05, 4.69) is 0 Å². The number of benzene rings is 1. The fraction of sp³-hybridized carbons (Fsp3) is 0.500. The van der Waals surface area contributed by atoms with Crippen LogP contribution in [-0.4, -0.2) is 37.7 Å². The van der Waals surface area contributed by atoms with Gasteiger partial charge in [0.1, 0.15) is 11.9 Å². The molecule has 0 spiro atoms. The lowest BCUT2D eigenvalue weighted by atomic mass is 10.2. The smallest absolute Gasteiger partial charge is 0.214 e. The highest BCUT2D eigenvalue weighted by Crippen LogP contribution is 2.20. The molecule has 1 aromatic rings. The lowest BCUT2D eigenvalue weighted by Crippen LogP contribution is -2.56. The van der Waals surface area contributed by atoms with E-state index in [0.29, 0.717) is 13.1 Å². The van der Waals surface area contributed by atoms with Crippen LogP contribution in [-0.2, 0) is 10.0 Å². The van der Waals surface area contributed by atoms with E-state index in [9.17, 15) is 8.42 Å². The van der Waals surface area contributed by atoms with E-state index in [1.54, 1.807) is 6.92 Å². The second kappa shape index (κ2) is 4.66. The molecule has 94 valence electrons. The molecule has 4 nitrogen and oxygen atoms in total. The first-order valence-corrected chi connectivity index (χ1v) is 7.33. The molecule has 1 aliphatic heterocycles. The number of hydrogen-bond donors (Lipinski definition) is 0. The summed E-state index contributed by atoms with van der Waals surface area (Å²) in [4.78, 5) is 0. The first kappa shape index (κ1) is 12.4. The van der Waals surface area contributed by atoms with Crippen molar-refractivity contribution in [2.24, 2.45) is 0 Å². The third-order valence-electron chi connectivity index (χ3n) is 2.90. The molecule has 0 atom stereocenters. The van der Waals surface area contributed by atoms with Gasteiger partial charge in [0.15, 0.2) is 0 Å². The Morgan fingerprint density at radius 3 is 2.41 bits per heavy atom. The zero-order valence-electron chi connectivity index (χ0n) is 10.1. The second-order valence-corrected chi connectivity index (χ2v) is 6.53. The lowest BCUT2D eigenvalue weighted by Gasteiger charge is -2.37. The highest BCUT2D eigenvalue weighted by atomic mass is 32.2. The molecular formula is C12H17NO3S. The Morgan fingerprint density at radius 1 is 1.29 bits per heavy atom. The number of nitrogens with zero attached hydrogens (tertiary/aromatic N) is 1. The van der Waals surface area contributed by atoms with Crippen LogP contribution in [0.25, 0.3) is 0 Å². The van der Waals surface area contributed by atoms with E-state index in [-0.39, 0.29) is 11.9 Å². The summed E-state index contributed by atoms with van der Waals surface area (Å²) in [5.41, 5.74) is 1.18. The predicted octanol–water partition coefficient (Wildman–Crippen LogP) is 1.41. The van der Waals surface area contributed by atoms with E-state index < -0.39 is 10.0 Å². The van der Waals surface area contributed by atoms with Crippen molar-refractivity contribution in [1.29, 1.82) is 0 Å². The van der Waals surface area contributed by atoms with Crippen molar-refractivity contribution >= 4 is 10.0 Å². The summed E-state index contributed by atoms with van der Waals surface area (Å²) < 4.78 is 30.1. The Hall–Kier alpha value is -1.07. The summed E-state index contributed by atoms with van der Waals surface area (Å²) in [5.74, 6) is 0.957. The van der Waals surface area contributed by atoms with Crippen LogP contribution < -0.4 is 4.74 Å². The van der Waals surface area contributed by atoms with Gasteiger partial charge in [-0.1, -0.05) is 17.7 Å². The summed E-state index contributed by atoms with van der Waals surface area (Å²) in [6.45, 7) is 4.60. The number of hydrogen-bond acceptors (Lipinski definition) is 3. The van der Waals surface area contributed by atoms with Crippen LogP contribution in [0.15, 0.2) is 24.3 Å². The maximum absolute atomic E-state index is 11.5. The monoisotopic (exact) mass is 255 g/mol. The zero-order chi connectivity index (χ0) is 12.5. The van der Waals surface area contributed by atoms with Gasteiger partial charge in [0.2, 0.25) is 10.0 Å². The molecular weight excluding hydrogens is 238 g/mol. The van der Waals surface area contributed by atoms with Gasteiger partial charge in [0.25, 0.3) is 0 Å². The van der Waals surface area contributed by atoms with E-state index in [4.69, 9.17) is 4.74 Å². The summed E-state index contributed by atoms with van der Waals surface area (Å²) in [6.07, 6.45) is -0.0148. The zero-order valence-corrected chi connectivity index (χ0v) is 10.9. The van der Waals surface area contributed by atoms with Gasteiger partial charge in [0, 0.05) is 0 Å². The molecule has 0 aliphatic carbocycles. The maximum Gasteiger partial charge on any atom is 0.214 e. The summed E-state index contributed by atoms with van der Waals surface area (Å²) in [6, 6.07) is 7.78. The van der Waals surface area contributed by atoms with Crippen LogP contribution in [0.1, 0.15) is 12.5 Å². The van der Waals surface area contributed by atoms with Crippen LogP contribution in [0.5, 0.6) is 5.75 Å². The predicted molar refractivity (Wildman–Crippen MR) is 66.6 cm³/mol. The maximum atomic E-state index is 11.5. The molecule has 17 heavy (non-hydrogen) atoms. The van der Waals surface area contributed by atoms with Crippen LogP contribution in [0.3, 0.4) is 0 Å². The summed E-state index contributed by atoms with van der Waals surface area (Å²) >= 11 is 0. The van der Waals surface area contributed by atoms with Crippen molar-refractivity contribution in [2.45, 2.75) is 20.0 Å². The molecule has 0 N–H and O–H groups in total. The third-order valence-corrected chi connectivity index (χ3v) is 4.71. The normalized spacial score (nSPS) is 17.8.